The normalized spacial score (nSPS) is 19.2. The van der Waals surface area contributed by atoms with Crippen LogP contribution in [0.15, 0.2) is 23.0 Å². The van der Waals surface area contributed by atoms with E-state index in [0.717, 1.165) is 41.0 Å². The molecule has 1 fully saturated rings. The fraction of sp³-hybridized carbons (Fsp3) is 0.526. The smallest absolute Gasteiger partial charge is 0.194 e. The van der Waals surface area contributed by atoms with Crippen LogP contribution >= 0.6 is 0 Å². The van der Waals surface area contributed by atoms with Crippen molar-refractivity contribution in [2.24, 2.45) is 0 Å². The maximum absolute atomic E-state index is 13.0. The lowest BCUT2D eigenvalue weighted by molar-refractivity contribution is 0.152. The third-order valence-corrected chi connectivity index (χ3v) is 4.90. The first-order valence-electron chi connectivity index (χ1n) is 8.62. The Bertz CT molecular complexity index is 751. The fourth-order valence-corrected chi connectivity index (χ4v) is 3.47. The van der Waals surface area contributed by atoms with Crippen molar-refractivity contribution in [1.29, 1.82) is 0 Å². The Morgan fingerprint density at radius 2 is 2.17 bits per heavy atom. The number of hydrogen-bond donors (Lipinski definition) is 1. The van der Waals surface area contributed by atoms with E-state index in [2.05, 4.69) is 16.8 Å². The molecular weight excluding hydrogens is 288 g/mol. The predicted molar refractivity (Wildman–Crippen MR) is 94.2 cm³/mol. The lowest BCUT2D eigenvalue weighted by atomic mass is 10.0. The number of aromatic amines is 1. The molecule has 1 saturated heterocycles. The van der Waals surface area contributed by atoms with Crippen molar-refractivity contribution < 1.29 is 4.74 Å². The largest absolute Gasteiger partial charge is 0.494 e. The van der Waals surface area contributed by atoms with Crippen LogP contribution in [-0.2, 0) is 6.54 Å². The van der Waals surface area contributed by atoms with Crippen molar-refractivity contribution in [3.8, 4) is 5.75 Å². The van der Waals surface area contributed by atoms with Crippen LogP contribution in [0.25, 0.3) is 10.9 Å². The molecule has 124 valence electrons. The van der Waals surface area contributed by atoms with Crippen molar-refractivity contribution >= 4 is 10.9 Å². The molecule has 23 heavy (non-hydrogen) atoms. The number of piperidine rings is 1. The van der Waals surface area contributed by atoms with Crippen LogP contribution in [0.2, 0.25) is 0 Å². The minimum Gasteiger partial charge on any atom is -0.494 e. The fourth-order valence-electron chi connectivity index (χ4n) is 3.47. The van der Waals surface area contributed by atoms with Crippen LogP contribution in [0.4, 0.5) is 0 Å². The third-order valence-electron chi connectivity index (χ3n) is 4.90. The molecule has 0 bridgehead atoms. The SMILES string of the molecule is CCOc1ccc2[nH]c(C)c(CN3CCCC[C@H]3C)c(=O)c2c1. The molecule has 4 heteroatoms. The van der Waals surface area contributed by atoms with Crippen molar-refractivity contribution in [2.75, 3.05) is 13.2 Å². The lowest BCUT2D eigenvalue weighted by Gasteiger charge is -2.33. The van der Waals surface area contributed by atoms with E-state index in [1.165, 1.54) is 19.3 Å². The number of nitrogens with one attached hydrogen (secondary N) is 1. The van der Waals surface area contributed by atoms with Gasteiger partial charge in [0.05, 0.1) is 6.61 Å². The minimum atomic E-state index is 0.135. The molecule has 0 spiro atoms. The summed E-state index contributed by atoms with van der Waals surface area (Å²) in [5.74, 6) is 0.756. The highest BCUT2D eigenvalue weighted by Crippen LogP contribution is 2.22. The number of fused-ring (bicyclic) bond motifs is 1. The monoisotopic (exact) mass is 314 g/mol. The standard InChI is InChI=1S/C19H26N2O2/c1-4-23-15-8-9-18-16(11-15)19(22)17(14(3)20-18)12-21-10-6-5-7-13(21)2/h8-9,11,13H,4-7,10,12H2,1-3H3,(H,20,22)/t13-/m1/s1. The molecule has 2 heterocycles. The summed E-state index contributed by atoms with van der Waals surface area (Å²) in [6, 6.07) is 6.25. The van der Waals surface area contributed by atoms with Gasteiger partial charge in [-0.3, -0.25) is 9.69 Å². The van der Waals surface area contributed by atoms with E-state index in [9.17, 15) is 4.79 Å². The van der Waals surface area contributed by atoms with Gasteiger partial charge in [0.1, 0.15) is 5.75 Å². The maximum Gasteiger partial charge on any atom is 0.194 e. The van der Waals surface area contributed by atoms with Crippen molar-refractivity contribution in [2.45, 2.75) is 52.6 Å². The molecule has 2 aromatic rings. The van der Waals surface area contributed by atoms with Gasteiger partial charge >= 0.3 is 0 Å². The van der Waals surface area contributed by atoms with E-state index in [-0.39, 0.29) is 5.43 Å². The average molecular weight is 314 g/mol. The Labute approximate surface area is 137 Å². The first kappa shape index (κ1) is 16.1. The zero-order valence-electron chi connectivity index (χ0n) is 14.3. The highest BCUT2D eigenvalue weighted by Gasteiger charge is 2.21. The van der Waals surface area contributed by atoms with Gasteiger partial charge in [0.25, 0.3) is 0 Å². The molecule has 0 unspecified atom stereocenters. The summed E-state index contributed by atoms with van der Waals surface area (Å²) < 4.78 is 5.54. The number of H-pyrrole nitrogens is 1. The Kier molecular flexibility index (Phi) is 4.71. The Morgan fingerprint density at radius 3 is 2.91 bits per heavy atom. The number of rotatable bonds is 4. The second-order valence-corrected chi connectivity index (χ2v) is 6.51. The molecule has 0 aliphatic carbocycles. The van der Waals surface area contributed by atoms with Crippen molar-refractivity contribution in [1.82, 2.24) is 9.88 Å². The van der Waals surface area contributed by atoms with Gasteiger partial charge in [0, 0.05) is 34.7 Å². The maximum atomic E-state index is 13.0. The van der Waals surface area contributed by atoms with Gasteiger partial charge in [-0.1, -0.05) is 6.42 Å². The summed E-state index contributed by atoms with van der Waals surface area (Å²) in [5.41, 5.74) is 2.88. The predicted octanol–water partition coefficient (Wildman–Crippen LogP) is 3.61. The molecule has 4 nitrogen and oxygen atoms in total. The zero-order valence-corrected chi connectivity index (χ0v) is 14.3. The van der Waals surface area contributed by atoms with E-state index in [4.69, 9.17) is 4.74 Å². The number of nitrogens with zero attached hydrogens (tertiary/aromatic N) is 1. The van der Waals surface area contributed by atoms with Gasteiger partial charge in [-0.05, 0) is 58.4 Å². The molecule has 0 amide bonds. The third kappa shape index (κ3) is 3.27. The summed E-state index contributed by atoms with van der Waals surface area (Å²) in [6.07, 6.45) is 3.74. The number of benzene rings is 1. The summed E-state index contributed by atoms with van der Waals surface area (Å²) in [7, 11) is 0. The Balaban J connectivity index is 2.00. The van der Waals surface area contributed by atoms with Crippen molar-refractivity contribution in [3.05, 3.63) is 39.7 Å². The van der Waals surface area contributed by atoms with Crippen LogP contribution in [0, 0.1) is 6.92 Å². The van der Waals surface area contributed by atoms with E-state index >= 15 is 0 Å². The molecule has 1 aliphatic rings. The topological polar surface area (TPSA) is 45.3 Å². The van der Waals surface area contributed by atoms with E-state index < -0.39 is 0 Å². The Morgan fingerprint density at radius 1 is 1.35 bits per heavy atom. The second kappa shape index (κ2) is 6.75. The molecule has 3 rings (SSSR count). The van der Waals surface area contributed by atoms with Crippen LogP contribution in [0.1, 0.15) is 44.4 Å². The highest BCUT2D eigenvalue weighted by molar-refractivity contribution is 5.81. The number of ether oxygens (including phenoxy) is 1. The van der Waals surface area contributed by atoms with Gasteiger partial charge in [0.2, 0.25) is 0 Å². The van der Waals surface area contributed by atoms with E-state index in [0.29, 0.717) is 12.6 Å². The Hall–Kier alpha value is -1.81. The summed E-state index contributed by atoms with van der Waals surface area (Å²) >= 11 is 0. The van der Waals surface area contributed by atoms with Crippen LogP contribution < -0.4 is 10.2 Å². The van der Waals surface area contributed by atoms with Gasteiger partial charge in [-0.25, -0.2) is 0 Å². The molecular formula is C19H26N2O2. The first-order valence-corrected chi connectivity index (χ1v) is 8.62. The summed E-state index contributed by atoms with van der Waals surface area (Å²) in [6.45, 7) is 8.63. The molecule has 1 N–H and O–H groups in total. The average Bonchev–Trinajstić information content (AvgIpc) is 2.54. The van der Waals surface area contributed by atoms with Crippen molar-refractivity contribution in [3.63, 3.8) is 0 Å². The van der Waals surface area contributed by atoms with Crippen LogP contribution in [0.5, 0.6) is 5.75 Å². The number of hydrogen-bond acceptors (Lipinski definition) is 3. The molecule has 0 saturated carbocycles. The number of aromatic nitrogens is 1. The summed E-state index contributed by atoms with van der Waals surface area (Å²) in [4.78, 5) is 18.8. The molecule has 1 aliphatic heterocycles. The summed E-state index contributed by atoms with van der Waals surface area (Å²) in [5, 5.41) is 0.723. The van der Waals surface area contributed by atoms with E-state index in [1.807, 2.05) is 32.0 Å². The number of aryl methyl sites for hydroxylation is 1. The molecule has 1 aromatic heterocycles. The molecule has 1 aromatic carbocycles. The number of likely N-dealkylation sites (tertiary alicyclic amines) is 1. The van der Waals surface area contributed by atoms with Crippen LogP contribution in [-0.4, -0.2) is 29.1 Å². The lowest BCUT2D eigenvalue weighted by Crippen LogP contribution is -2.38. The van der Waals surface area contributed by atoms with Gasteiger partial charge < -0.3 is 9.72 Å². The molecule has 0 radical (unpaired) electrons. The minimum absolute atomic E-state index is 0.135. The van der Waals surface area contributed by atoms with Crippen LogP contribution in [0.3, 0.4) is 0 Å². The zero-order chi connectivity index (χ0) is 16.4. The quantitative estimate of drug-likeness (QED) is 0.937. The number of pyridine rings is 1. The second-order valence-electron chi connectivity index (χ2n) is 6.51. The molecule has 1 atom stereocenters. The van der Waals surface area contributed by atoms with Gasteiger partial charge in [-0.2, -0.15) is 0 Å². The van der Waals surface area contributed by atoms with Gasteiger partial charge in [-0.15, -0.1) is 0 Å². The highest BCUT2D eigenvalue weighted by atomic mass is 16.5. The van der Waals surface area contributed by atoms with Gasteiger partial charge in [0.15, 0.2) is 5.43 Å². The van der Waals surface area contributed by atoms with E-state index in [1.54, 1.807) is 0 Å². The first-order chi connectivity index (χ1) is 11.1.